The smallest absolute Gasteiger partial charge is 0.248 e. The van der Waals surface area contributed by atoms with Crippen molar-refractivity contribution in [1.29, 1.82) is 0 Å². The van der Waals surface area contributed by atoms with E-state index in [0.717, 1.165) is 0 Å². The summed E-state index contributed by atoms with van der Waals surface area (Å²) in [5.74, 6) is -0.315. The van der Waals surface area contributed by atoms with E-state index in [1.165, 1.54) is 12.3 Å². The lowest BCUT2D eigenvalue weighted by Crippen LogP contribution is -1.86. The fourth-order valence-electron chi connectivity index (χ4n) is 0.428. The van der Waals surface area contributed by atoms with Crippen LogP contribution in [0.1, 0.15) is 0 Å². The van der Waals surface area contributed by atoms with Crippen LogP contribution in [0, 0.1) is 0 Å². The molecule has 1 heterocycles. The second-order valence-corrected chi connectivity index (χ2v) is 1.44. The second kappa shape index (κ2) is 1.33. The van der Waals surface area contributed by atoms with Gasteiger partial charge in [-0.15, -0.1) is 0 Å². The van der Waals surface area contributed by atoms with E-state index in [9.17, 15) is 0 Å². The first-order valence-electron chi connectivity index (χ1n) is 2.07. The van der Waals surface area contributed by atoms with Gasteiger partial charge in [0.15, 0.2) is 0 Å². The van der Waals surface area contributed by atoms with Gasteiger partial charge in [0.05, 0.1) is 5.69 Å². The molecule has 4 heteroatoms. The normalized spacial score (nSPS) is 9.50. The molecule has 1 rings (SSSR count). The van der Waals surface area contributed by atoms with Gasteiger partial charge < -0.3 is 16.0 Å². The van der Waals surface area contributed by atoms with Crippen LogP contribution in [0.5, 0.6) is 5.88 Å². The number of nitrogen functional groups attached to an aromatic ring is 1. The standard InChI is InChI=1S/C4H6N2O2/c5-3-1-2-6(8)4(3)7/h1-2,7-8H,5H2. The number of hydrogen-bond acceptors (Lipinski definition) is 3. The van der Waals surface area contributed by atoms with E-state index in [1.807, 2.05) is 0 Å². The summed E-state index contributed by atoms with van der Waals surface area (Å²) in [4.78, 5) is 0. The molecule has 0 spiro atoms. The minimum Gasteiger partial charge on any atom is -0.491 e. The topological polar surface area (TPSA) is 71.4 Å². The van der Waals surface area contributed by atoms with Crippen molar-refractivity contribution in [1.82, 2.24) is 4.73 Å². The lowest BCUT2D eigenvalue weighted by atomic mass is 10.5. The van der Waals surface area contributed by atoms with E-state index in [2.05, 4.69) is 0 Å². The van der Waals surface area contributed by atoms with Crippen molar-refractivity contribution < 1.29 is 10.3 Å². The highest BCUT2D eigenvalue weighted by Gasteiger charge is 1.99. The first-order chi connectivity index (χ1) is 3.72. The zero-order chi connectivity index (χ0) is 6.15. The third-order valence-electron chi connectivity index (χ3n) is 0.871. The van der Waals surface area contributed by atoms with Crippen molar-refractivity contribution >= 4 is 5.69 Å². The predicted molar refractivity (Wildman–Crippen MR) is 27.7 cm³/mol. The summed E-state index contributed by atoms with van der Waals surface area (Å²) in [5, 5.41) is 17.2. The molecule has 0 aliphatic heterocycles. The van der Waals surface area contributed by atoms with Crippen LogP contribution in [0.3, 0.4) is 0 Å². The molecule has 0 aromatic carbocycles. The third kappa shape index (κ3) is 0.465. The van der Waals surface area contributed by atoms with Crippen molar-refractivity contribution in [3.8, 4) is 5.88 Å². The van der Waals surface area contributed by atoms with Gasteiger partial charge >= 0.3 is 0 Å². The summed E-state index contributed by atoms with van der Waals surface area (Å²) in [6, 6.07) is 1.40. The van der Waals surface area contributed by atoms with Crippen LogP contribution in [0.15, 0.2) is 12.3 Å². The monoisotopic (exact) mass is 114 g/mol. The molecule has 0 saturated heterocycles. The van der Waals surface area contributed by atoms with Crippen LogP contribution in [0.4, 0.5) is 5.69 Å². The molecule has 0 amide bonds. The maximum Gasteiger partial charge on any atom is 0.248 e. The SMILES string of the molecule is Nc1ccn(O)c1O. The van der Waals surface area contributed by atoms with Crippen LogP contribution < -0.4 is 5.73 Å². The molecular formula is C4H6N2O2. The van der Waals surface area contributed by atoms with Crippen LogP contribution in [-0.4, -0.2) is 15.0 Å². The number of nitrogens with two attached hydrogens (primary N) is 1. The number of aromatic nitrogens is 1. The Hall–Kier alpha value is -1.32. The van der Waals surface area contributed by atoms with E-state index in [-0.39, 0.29) is 11.6 Å². The van der Waals surface area contributed by atoms with Gasteiger partial charge in [0, 0.05) is 6.20 Å². The van der Waals surface area contributed by atoms with E-state index in [1.54, 1.807) is 0 Å². The van der Waals surface area contributed by atoms with Gasteiger partial charge in [-0.2, -0.15) is 4.73 Å². The summed E-state index contributed by atoms with van der Waals surface area (Å²) in [5.41, 5.74) is 5.28. The lowest BCUT2D eigenvalue weighted by molar-refractivity contribution is 0.157. The molecule has 0 atom stereocenters. The summed E-state index contributed by atoms with van der Waals surface area (Å²) >= 11 is 0. The third-order valence-corrected chi connectivity index (χ3v) is 0.871. The Labute approximate surface area is 45.7 Å². The zero-order valence-corrected chi connectivity index (χ0v) is 4.07. The van der Waals surface area contributed by atoms with Gasteiger partial charge in [0.2, 0.25) is 5.88 Å². The number of aromatic hydroxyl groups is 1. The highest BCUT2D eigenvalue weighted by Crippen LogP contribution is 2.17. The zero-order valence-electron chi connectivity index (χ0n) is 4.07. The summed E-state index contributed by atoms with van der Waals surface area (Å²) in [6.45, 7) is 0. The fourth-order valence-corrected chi connectivity index (χ4v) is 0.428. The molecule has 0 aliphatic carbocycles. The lowest BCUT2D eigenvalue weighted by Gasteiger charge is -1.90. The average Bonchev–Trinajstić information content (AvgIpc) is 1.98. The van der Waals surface area contributed by atoms with Gasteiger partial charge in [-0.3, -0.25) is 0 Å². The second-order valence-electron chi connectivity index (χ2n) is 1.44. The Morgan fingerprint density at radius 3 is 2.38 bits per heavy atom. The van der Waals surface area contributed by atoms with E-state index >= 15 is 0 Å². The summed E-state index contributed by atoms with van der Waals surface area (Å²) < 4.78 is 0.551. The van der Waals surface area contributed by atoms with Crippen LogP contribution >= 0.6 is 0 Å². The molecule has 0 aliphatic rings. The molecule has 0 fully saturated rings. The first kappa shape index (κ1) is 4.83. The molecule has 0 bridgehead atoms. The Bertz CT molecular complexity index is 174. The molecule has 0 saturated carbocycles. The molecule has 8 heavy (non-hydrogen) atoms. The van der Waals surface area contributed by atoms with Crippen molar-refractivity contribution in [2.75, 3.05) is 5.73 Å². The van der Waals surface area contributed by atoms with Crippen LogP contribution in [0.2, 0.25) is 0 Å². The van der Waals surface area contributed by atoms with Gasteiger partial charge in [-0.05, 0) is 6.07 Å². The largest absolute Gasteiger partial charge is 0.491 e. The predicted octanol–water partition coefficient (Wildman–Crippen LogP) is 0.0132. The molecule has 4 N–H and O–H groups in total. The molecule has 0 unspecified atom stereocenters. The van der Waals surface area contributed by atoms with Crippen LogP contribution in [0.25, 0.3) is 0 Å². The van der Waals surface area contributed by atoms with Crippen LogP contribution in [-0.2, 0) is 0 Å². The molecule has 0 radical (unpaired) electrons. The molecule has 44 valence electrons. The number of rotatable bonds is 0. The fraction of sp³-hybridized carbons (Fsp3) is 0. The Kier molecular flexibility index (Phi) is 0.802. The number of nitrogens with zero attached hydrogens (tertiary/aromatic N) is 1. The first-order valence-corrected chi connectivity index (χ1v) is 2.07. The van der Waals surface area contributed by atoms with E-state index in [4.69, 9.17) is 16.0 Å². The molecule has 4 nitrogen and oxygen atoms in total. The van der Waals surface area contributed by atoms with Gasteiger partial charge in [-0.1, -0.05) is 0 Å². The minimum absolute atomic E-state index is 0.174. The summed E-state index contributed by atoms with van der Waals surface area (Å²) in [6.07, 6.45) is 1.25. The number of hydrogen-bond donors (Lipinski definition) is 3. The Morgan fingerprint density at radius 2 is 2.25 bits per heavy atom. The van der Waals surface area contributed by atoms with Crippen molar-refractivity contribution in [2.24, 2.45) is 0 Å². The van der Waals surface area contributed by atoms with Gasteiger partial charge in [0.25, 0.3) is 0 Å². The highest BCUT2D eigenvalue weighted by molar-refractivity contribution is 5.47. The minimum atomic E-state index is -0.315. The number of anilines is 1. The van der Waals surface area contributed by atoms with Gasteiger partial charge in [0.1, 0.15) is 0 Å². The summed E-state index contributed by atoms with van der Waals surface area (Å²) in [7, 11) is 0. The van der Waals surface area contributed by atoms with E-state index < -0.39 is 0 Å². The molecule has 1 aromatic rings. The van der Waals surface area contributed by atoms with Crippen molar-refractivity contribution in [2.45, 2.75) is 0 Å². The Morgan fingerprint density at radius 1 is 1.62 bits per heavy atom. The quantitative estimate of drug-likeness (QED) is 0.416. The maximum atomic E-state index is 8.63. The van der Waals surface area contributed by atoms with Gasteiger partial charge in [-0.25, -0.2) is 0 Å². The molecular weight excluding hydrogens is 108 g/mol. The van der Waals surface area contributed by atoms with Crippen molar-refractivity contribution in [3.05, 3.63) is 12.3 Å². The average molecular weight is 114 g/mol. The molecule has 1 aromatic heterocycles. The van der Waals surface area contributed by atoms with E-state index in [0.29, 0.717) is 4.73 Å². The highest BCUT2D eigenvalue weighted by atomic mass is 16.5. The maximum absolute atomic E-state index is 8.63. The Balaban J connectivity index is 3.19. The van der Waals surface area contributed by atoms with Crippen molar-refractivity contribution in [3.63, 3.8) is 0 Å².